The number of carbonyl (C=O) groups is 2. The Morgan fingerprint density at radius 1 is 0.778 bits per heavy atom. The predicted octanol–water partition coefficient (Wildman–Crippen LogP) is 6.36. The highest BCUT2D eigenvalue weighted by molar-refractivity contribution is 7.92. The summed E-state index contributed by atoms with van der Waals surface area (Å²) in [5, 5.41) is 3.02. The first kappa shape index (κ1) is 33.5. The molecular weight excluding hydrogens is 582 g/mol. The Bertz CT molecular complexity index is 1670. The molecule has 0 aliphatic rings. The van der Waals surface area contributed by atoms with E-state index in [1.165, 1.54) is 17.0 Å². The quantitative estimate of drug-likeness (QED) is 0.165. The fourth-order valence-electron chi connectivity index (χ4n) is 5.08. The summed E-state index contributed by atoms with van der Waals surface area (Å²) < 4.78 is 29.4. The topological polar surface area (TPSA) is 86.8 Å². The van der Waals surface area contributed by atoms with E-state index in [-0.39, 0.29) is 23.8 Å². The lowest BCUT2D eigenvalue weighted by Gasteiger charge is -2.34. The monoisotopic (exact) mass is 625 g/mol. The molecule has 8 heteroatoms. The molecular formula is C37H43N3O4S. The summed E-state index contributed by atoms with van der Waals surface area (Å²) in [4.78, 5) is 30.0. The van der Waals surface area contributed by atoms with E-state index >= 15 is 0 Å². The van der Waals surface area contributed by atoms with Gasteiger partial charge in [-0.2, -0.15) is 0 Å². The first-order chi connectivity index (χ1) is 21.6. The summed E-state index contributed by atoms with van der Waals surface area (Å²) in [6.45, 7) is 8.06. The standard InChI is InChI=1S/C37H43N3O4S/c1-5-6-23-38-37(42)35(25-31-13-9-7-10-14-31)39(26-32-20-17-28(2)18-21-32)36(41)27-40(33-22-19-29(3)30(4)24-33)45(43,44)34-15-11-8-12-16-34/h7-22,24,35H,5-6,23,25-27H2,1-4H3,(H,38,42)/t35-/m1/s1. The average molecular weight is 626 g/mol. The molecule has 236 valence electrons. The summed E-state index contributed by atoms with van der Waals surface area (Å²) in [5.41, 5.74) is 5.12. The van der Waals surface area contributed by atoms with Crippen LogP contribution < -0.4 is 9.62 Å². The third-order valence-electron chi connectivity index (χ3n) is 7.96. The summed E-state index contributed by atoms with van der Waals surface area (Å²) in [7, 11) is -4.13. The molecule has 2 amide bonds. The minimum absolute atomic E-state index is 0.0826. The molecule has 0 fully saturated rings. The molecule has 0 bridgehead atoms. The van der Waals surface area contributed by atoms with Crippen molar-refractivity contribution in [1.82, 2.24) is 10.2 Å². The largest absolute Gasteiger partial charge is 0.354 e. The van der Waals surface area contributed by atoms with Crippen molar-refractivity contribution in [1.29, 1.82) is 0 Å². The Morgan fingerprint density at radius 2 is 1.42 bits per heavy atom. The second kappa shape index (κ2) is 15.5. The van der Waals surface area contributed by atoms with Gasteiger partial charge in [-0.05, 0) is 73.7 Å². The van der Waals surface area contributed by atoms with Crippen molar-refractivity contribution in [2.24, 2.45) is 0 Å². The lowest BCUT2D eigenvalue weighted by molar-refractivity contribution is -0.140. The van der Waals surface area contributed by atoms with Crippen LogP contribution in [0.5, 0.6) is 0 Å². The molecule has 0 aromatic heterocycles. The second-order valence-electron chi connectivity index (χ2n) is 11.5. The van der Waals surface area contributed by atoms with Gasteiger partial charge in [0, 0.05) is 19.5 Å². The zero-order valence-electron chi connectivity index (χ0n) is 26.6. The van der Waals surface area contributed by atoms with E-state index in [1.54, 1.807) is 30.3 Å². The van der Waals surface area contributed by atoms with Crippen molar-refractivity contribution >= 4 is 27.5 Å². The maximum atomic E-state index is 14.5. The van der Waals surface area contributed by atoms with Gasteiger partial charge in [0.05, 0.1) is 10.6 Å². The highest BCUT2D eigenvalue weighted by Crippen LogP contribution is 2.27. The van der Waals surface area contributed by atoms with Gasteiger partial charge in [-0.3, -0.25) is 13.9 Å². The normalized spacial score (nSPS) is 11.9. The number of benzene rings is 4. The number of unbranched alkanes of at least 4 members (excludes halogenated alkanes) is 1. The molecule has 0 spiro atoms. The molecule has 0 radical (unpaired) electrons. The smallest absolute Gasteiger partial charge is 0.264 e. The van der Waals surface area contributed by atoms with E-state index < -0.39 is 28.5 Å². The lowest BCUT2D eigenvalue weighted by Crippen LogP contribution is -2.53. The number of rotatable bonds is 14. The van der Waals surface area contributed by atoms with Gasteiger partial charge in [-0.25, -0.2) is 8.42 Å². The maximum absolute atomic E-state index is 14.5. The molecule has 1 N–H and O–H groups in total. The third kappa shape index (κ3) is 8.82. The van der Waals surface area contributed by atoms with Crippen molar-refractivity contribution in [2.45, 2.75) is 64.4 Å². The van der Waals surface area contributed by atoms with Crippen molar-refractivity contribution < 1.29 is 18.0 Å². The Hall–Kier alpha value is -4.43. The molecule has 0 saturated heterocycles. The van der Waals surface area contributed by atoms with Gasteiger partial charge in [0.25, 0.3) is 10.0 Å². The molecule has 0 aliphatic carbocycles. The first-order valence-electron chi connectivity index (χ1n) is 15.4. The van der Waals surface area contributed by atoms with Gasteiger partial charge < -0.3 is 10.2 Å². The molecule has 45 heavy (non-hydrogen) atoms. The van der Waals surface area contributed by atoms with Crippen LogP contribution >= 0.6 is 0 Å². The molecule has 0 unspecified atom stereocenters. The highest BCUT2D eigenvalue weighted by atomic mass is 32.2. The number of nitrogens with zero attached hydrogens (tertiary/aromatic N) is 2. The predicted molar refractivity (Wildman–Crippen MR) is 180 cm³/mol. The molecule has 4 aromatic carbocycles. The number of hydrogen-bond donors (Lipinski definition) is 1. The summed E-state index contributed by atoms with van der Waals surface area (Å²) in [6.07, 6.45) is 2.01. The van der Waals surface area contributed by atoms with Crippen LogP contribution in [0.1, 0.15) is 47.6 Å². The number of nitrogens with one attached hydrogen (secondary N) is 1. The van der Waals surface area contributed by atoms with E-state index in [2.05, 4.69) is 12.2 Å². The van der Waals surface area contributed by atoms with Crippen molar-refractivity contribution in [2.75, 3.05) is 17.4 Å². The number of hydrogen-bond acceptors (Lipinski definition) is 4. The Labute approximate surface area is 268 Å². The number of aryl methyl sites for hydroxylation is 3. The van der Waals surface area contributed by atoms with Gasteiger partial charge in [-0.15, -0.1) is 0 Å². The van der Waals surface area contributed by atoms with Gasteiger partial charge in [0.15, 0.2) is 0 Å². The van der Waals surface area contributed by atoms with E-state index in [1.807, 2.05) is 81.4 Å². The lowest BCUT2D eigenvalue weighted by atomic mass is 10.0. The van der Waals surface area contributed by atoms with Crippen LogP contribution in [-0.4, -0.2) is 44.3 Å². The summed E-state index contributed by atoms with van der Waals surface area (Å²) >= 11 is 0. The Kier molecular flexibility index (Phi) is 11.5. The Balaban J connectivity index is 1.79. The van der Waals surface area contributed by atoms with E-state index in [0.717, 1.165) is 45.0 Å². The highest BCUT2D eigenvalue weighted by Gasteiger charge is 2.34. The fraction of sp³-hybridized carbons (Fsp3) is 0.297. The SMILES string of the molecule is CCCCNC(=O)[C@@H](Cc1ccccc1)N(Cc1ccc(C)cc1)C(=O)CN(c1ccc(C)c(C)c1)S(=O)(=O)c1ccccc1. The average Bonchev–Trinajstić information content (AvgIpc) is 3.04. The number of sulfonamides is 1. The van der Waals surface area contributed by atoms with Crippen molar-refractivity contribution in [3.8, 4) is 0 Å². The molecule has 1 atom stereocenters. The second-order valence-corrected chi connectivity index (χ2v) is 13.3. The van der Waals surface area contributed by atoms with Crippen LogP contribution in [0.3, 0.4) is 0 Å². The van der Waals surface area contributed by atoms with Gasteiger partial charge in [0.1, 0.15) is 12.6 Å². The van der Waals surface area contributed by atoms with E-state index in [0.29, 0.717) is 12.2 Å². The molecule has 4 rings (SSSR count). The van der Waals surface area contributed by atoms with E-state index in [4.69, 9.17) is 0 Å². The molecule has 4 aromatic rings. The van der Waals surface area contributed by atoms with Gasteiger partial charge in [0.2, 0.25) is 11.8 Å². The minimum Gasteiger partial charge on any atom is -0.354 e. The number of anilines is 1. The Morgan fingerprint density at radius 3 is 2.04 bits per heavy atom. The zero-order chi connectivity index (χ0) is 32.4. The van der Waals surface area contributed by atoms with Crippen LogP contribution in [0, 0.1) is 20.8 Å². The van der Waals surface area contributed by atoms with Crippen molar-refractivity contribution in [3.63, 3.8) is 0 Å². The number of amides is 2. The molecule has 0 heterocycles. The first-order valence-corrected chi connectivity index (χ1v) is 16.9. The minimum atomic E-state index is -4.13. The maximum Gasteiger partial charge on any atom is 0.264 e. The molecule has 7 nitrogen and oxygen atoms in total. The molecule has 0 saturated carbocycles. The summed E-state index contributed by atoms with van der Waals surface area (Å²) in [5.74, 6) is -0.740. The van der Waals surface area contributed by atoms with E-state index in [9.17, 15) is 18.0 Å². The van der Waals surface area contributed by atoms with Crippen LogP contribution in [0.4, 0.5) is 5.69 Å². The van der Waals surface area contributed by atoms with Crippen molar-refractivity contribution in [3.05, 3.63) is 131 Å². The van der Waals surface area contributed by atoms with Crippen LogP contribution in [-0.2, 0) is 32.6 Å². The third-order valence-corrected chi connectivity index (χ3v) is 9.75. The number of carbonyl (C=O) groups excluding carboxylic acids is 2. The van der Waals surface area contributed by atoms with Crippen LogP contribution in [0.15, 0.2) is 108 Å². The van der Waals surface area contributed by atoms with Gasteiger partial charge in [-0.1, -0.05) is 97.8 Å². The summed E-state index contributed by atoms with van der Waals surface area (Å²) in [6, 6.07) is 30.0. The fourth-order valence-corrected chi connectivity index (χ4v) is 6.51. The van der Waals surface area contributed by atoms with Crippen LogP contribution in [0.25, 0.3) is 0 Å². The van der Waals surface area contributed by atoms with Gasteiger partial charge >= 0.3 is 0 Å². The van der Waals surface area contributed by atoms with Crippen LogP contribution in [0.2, 0.25) is 0 Å². The molecule has 0 aliphatic heterocycles. The zero-order valence-corrected chi connectivity index (χ0v) is 27.4.